The molecule has 7 heteroatoms. The lowest BCUT2D eigenvalue weighted by atomic mass is 9.68. The van der Waals surface area contributed by atoms with E-state index in [-0.39, 0.29) is 11.2 Å². The van der Waals surface area contributed by atoms with Gasteiger partial charge in [-0.2, -0.15) is 5.26 Å². The highest BCUT2D eigenvalue weighted by Gasteiger charge is 2.45. The molecule has 5 rings (SSSR count). The van der Waals surface area contributed by atoms with Crippen LogP contribution in [0.2, 0.25) is 5.02 Å². The summed E-state index contributed by atoms with van der Waals surface area (Å²) in [6, 6.07) is 13.7. The van der Waals surface area contributed by atoms with Gasteiger partial charge in [-0.3, -0.25) is 9.69 Å². The number of carbonyl (C=O) groups is 1. The number of fused-ring (bicyclic) bond motifs is 1. The molecule has 3 heterocycles. The number of nitrogens with zero attached hydrogens (tertiary/aromatic N) is 3. The van der Waals surface area contributed by atoms with Gasteiger partial charge in [-0.1, -0.05) is 31.5 Å². The fourth-order valence-electron chi connectivity index (χ4n) is 4.86. The topological polar surface area (TPSA) is 98.8 Å². The highest BCUT2D eigenvalue weighted by atomic mass is 35.5. The van der Waals surface area contributed by atoms with Crippen LogP contribution >= 0.6 is 11.6 Å². The van der Waals surface area contributed by atoms with Crippen molar-refractivity contribution in [1.29, 1.82) is 5.26 Å². The van der Waals surface area contributed by atoms with Crippen molar-refractivity contribution in [2.45, 2.75) is 32.6 Å². The molecule has 0 bridgehead atoms. The molecule has 0 amide bonds. The van der Waals surface area contributed by atoms with E-state index < -0.39 is 5.92 Å². The maximum absolute atomic E-state index is 13.5. The molecule has 32 heavy (non-hydrogen) atoms. The minimum Gasteiger partial charge on any atom is -0.384 e. The smallest absolute Gasteiger partial charge is 0.162 e. The van der Waals surface area contributed by atoms with Crippen LogP contribution in [0.4, 0.5) is 5.82 Å². The molecule has 2 aliphatic rings. The van der Waals surface area contributed by atoms with Gasteiger partial charge < -0.3 is 10.7 Å². The van der Waals surface area contributed by atoms with Gasteiger partial charge in [-0.05, 0) is 53.1 Å². The summed E-state index contributed by atoms with van der Waals surface area (Å²) in [5.41, 5.74) is 10.0. The molecule has 1 aliphatic heterocycles. The Bertz CT molecular complexity index is 1360. The van der Waals surface area contributed by atoms with Gasteiger partial charge in [0, 0.05) is 35.6 Å². The van der Waals surface area contributed by atoms with Gasteiger partial charge in [-0.15, -0.1) is 0 Å². The minimum absolute atomic E-state index is 0.0367. The number of nitriles is 1. The van der Waals surface area contributed by atoms with E-state index in [2.05, 4.69) is 29.9 Å². The van der Waals surface area contributed by atoms with Gasteiger partial charge in [0.15, 0.2) is 5.78 Å². The predicted molar refractivity (Wildman–Crippen MR) is 125 cm³/mol. The number of nitrogens with two attached hydrogens (primary N) is 1. The van der Waals surface area contributed by atoms with Crippen molar-refractivity contribution in [1.82, 2.24) is 9.97 Å². The van der Waals surface area contributed by atoms with Crippen molar-refractivity contribution in [3.8, 4) is 6.07 Å². The average molecular weight is 444 g/mol. The number of nitrogens with one attached hydrogen (secondary N) is 1. The van der Waals surface area contributed by atoms with E-state index in [0.29, 0.717) is 40.6 Å². The molecular formula is C25H22ClN5O. The predicted octanol–water partition coefficient (Wildman–Crippen LogP) is 5.16. The van der Waals surface area contributed by atoms with E-state index in [1.54, 1.807) is 17.0 Å². The molecule has 0 unspecified atom stereocenters. The number of Topliss-reactive ketones (excluding diaryl/α,β-unsaturated/α-hetero) is 1. The Morgan fingerprint density at radius 2 is 2.06 bits per heavy atom. The molecule has 0 fully saturated rings. The standard InChI is InChI=1S/C25H22ClN5O/c1-25(2)10-19-23(20(32)11-25)22(15-3-5-18-14(9-15)7-8-29-18)17(12-27)24(28)31(19)21-6-4-16(26)13-30-21/h3-9,13,22,29H,10-11,28H2,1-2H3/t22-/m1/s1. The van der Waals surface area contributed by atoms with E-state index in [0.717, 1.165) is 22.2 Å². The van der Waals surface area contributed by atoms with Crippen LogP contribution in [0.5, 0.6) is 0 Å². The van der Waals surface area contributed by atoms with Gasteiger partial charge in [0.05, 0.1) is 22.6 Å². The summed E-state index contributed by atoms with van der Waals surface area (Å²) in [5, 5.41) is 11.7. The lowest BCUT2D eigenvalue weighted by Gasteiger charge is -2.43. The number of benzene rings is 1. The summed E-state index contributed by atoms with van der Waals surface area (Å²) in [4.78, 5) is 22.9. The van der Waals surface area contributed by atoms with Crippen molar-refractivity contribution >= 4 is 34.1 Å². The molecule has 3 N–H and O–H groups in total. The van der Waals surface area contributed by atoms with Crippen LogP contribution in [-0.2, 0) is 4.79 Å². The number of hydrogen-bond acceptors (Lipinski definition) is 5. The molecule has 0 spiro atoms. The van der Waals surface area contributed by atoms with E-state index in [1.807, 2.05) is 30.5 Å². The number of anilines is 1. The van der Waals surface area contributed by atoms with Crippen molar-refractivity contribution in [2.24, 2.45) is 11.1 Å². The Balaban J connectivity index is 1.77. The molecule has 0 saturated carbocycles. The van der Waals surface area contributed by atoms with E-state index in [4.69, 9.17) is 17.3 Å². The number of allylic oxidation sites excluding steroid dienone is 3. The quantitative estimate of drug-likeness (QED) is 0.570. The summed E-state index contributed by atoms with van der Waals surface area (Å²) >= 11 is 6.05. The molecule has 0 saturated heterocycles. The maximum atomic E-state index is 13.5. The second kappa shape index (κ2) is 7.25. The Morgan fingerprint density at radius 1 is 1.25 bits per heavy atom. The second-order valence-corrected chi connectivity index (χ2v) is 9.58. The fraction of sp³-hybridized carbons (Fsp3) is 0.240. The van der Waals surface area contributed by atoms with Crippen LogP contribution in [0.25, 0.3) is 10.9 Å². The third-order valence-corrected chi connectivity index (χ3v) is 6.46. The number of rotatable bonds is 2. The summed E-state index contributed by atoms with van der Waals surface area (Å²) in [7, 11) is 0. The van der Waals surface area contributed by atoms with Gasteiger partial charge in [0.2, 0.25) is 0 Å². The van der Waals surface area contributed by atoms with E-state index in [1.165, 1.54) is 6.20 Å². The van der Waals surface area contributed by atoms with Gasteiger partial charge in [0.1, 0.15) is 11.6 Å². The number of aromatic nitrogens is 2. The summed E-state index contributed by atoms with van der Waals surface area (Å²) < 4.78 is 0. The van der Waals surface area contributed by atoms with Gasteiger partial charge in [-0.25, -0.2) is 4.98 Å². The molecular weight excluding hydrogens is 422 g/mol. The number of H-pyrrole nitrogens is 1. The summed E-state index contributed by atoms with van der Waals surface area (Å²) in [6.07, 6.45) is 4.46. The van der Waals surface area contributed by atoms with E-state index >= 15 is 0 Å². The third-order valence-electron chi connectivity index (χ3n) is 6.23. The van der Waals surface area contributed by atoms with Crippen LogP contribution < -0.4 is 10.6 Å². The largest absolute Gasteiger partial charge is 0.384 e. The van der Waals surface area contributed by atoms with Crippen LogP contribution in [0.1, 0.15) is 38.2 Å². The van der Waals surface area contributed by atoms with E-state index in [9.17, 15) is 10.1 Å². The Morgan fingerprint density at radius 3 is 2.78 bits per heavy atom. The normalized spacial score (nSPS) is 20.5. The van der Waals surface area contributed by atoms with Crippen LogP contribution in [0, 0.1) is 16.7 Å². The molecule has 160 valence electrons. The second-order valence-electron chi connectivity index (χ2n) is 9.14. The Labute approximate surface area is 191 Å². The highest BCUT2D eigenvalue weighted by molar-refractivity contribution is 6.30. The third kappa shape index (κ3) is 3.17. The van der Waals surface area contributed by atoms with Crippen molar-refractivity contribution < 1.29 is 4.79 Å². The number of ketones is 1. The molecule has 1 aromatic carbocycles. The molecule has 0 radical (unpaired) electrons. The number of halogens is 1. The Hall–Kier alpha value is -3.56. The molecule has 1 atom stereocenters. The maximum Gasteiger partial charge on any atom is 0.162 e. The van der Waals surface area contributed by atoms with Crippen molar-refractivity contribution in [3.63, 3.8) is 0 Å². The lowest BCUT2D eigenvalue weighted by Crippen LogP contribution is -2.42. The first-order valence-electron chi connectivity index (χ1n) is 10.4. The zero-order chi connectivity index (χ0) is 22.6. The van der Waals surface area contributed by atoms with Gasteiger partial charge >= 0.3 is 0 Å². The molecule has 3 aromatic rings. The van der Waals surface area contributed by atoms with Crippen molar-refractivity contribution in [3.05, 3.63) is 82.0 Å². The van der Waals surface area contributed by atoms with Crippen molar-refractivity contribution in [2.75, 3.05) is 4.90 Å². The molecule has 1 aliphatic carbocycles. The number of hydrogen-bond donors (Lipinski definition) is 2. The first kappa shape index (κ1) is 20.3. The SMILES string of the molecule is CC1(C)CC(=O)C2=C(C1)N(c1ccc(Cl)cn1)C(N)=C(C#N)[C@H]2c1ccc2[nH]ccc2c1. The van der Waals surface area contributed by atoms with Gasteiger partial charge in [0.25, 0.3) is 0 Å². The highest BCUT2D eigenvalue weighted by Crippen LogP contribution is 2.50. The fourth-order valence-corrected chi connectivity index (χ4v) is 4.97. The number of pyridine rings is 1. The summed E-state index contributed by atoms with van der Waals surface area (Å²) in [5.74, 6) is 0.360. The number of aromatic amines is 1. The lowest BCUT2D eigenvalue weighted by molar-refractivity contribution is -0.118. The minimum atomic E-state index is -0.513. The molecule has 2 aromatic heterocycles. The monoisotopic (exact) mass is 443 g/mol. The first-order chi connectivity index (χ1) is 15.3. The summed E-state index contributed by atoms with van der Waals surface area (Å²) in [6.45, 7) is 4.14. The van der Waals surface area contributed by atoms with Crippen LogP contribution in [0.3, 0.4) is 0 Å². The Kier molecular flexibility index (Phi) is 4.61. The van der Waals surface area contributed by atoms with Crippen LogP contribution in [0.15, 0.2) is 71.5 Å². The number of carbonyl (C=O) groups excluding carboxylic acids is 1. The zero-order valence-electron chi connectivity index (χ0n) is 17.8. The molecule has 6 nitrogen and oxygen atoms in total. The first-order valence-corrected chi connectivity index (χ1v) is 10.8. The zero-order valence-corrected chi connectivity index (χ0v) is 18.6. The average Bonchev–Trinajstić information content (AvgIpc) is 3.21. The van der Waals surface area contributed by atoms with Crippen LogP contribution in [-0.4, -0.2) is 15.8 Å².